The number of carbonyl (C=O) groups is 1. The maximum absolute atomic E-state index is 12.3. The number of nitro benzene ring substituents is 1. The highest BCUT2D eigenvalue weighted by atomic mass is 79.9. The van der Waals surface area contributed by atoms with Crippen LogP contribution in [0.15, 0.2) is 58.4 Å². The Morgan fingerprint density at radius 3 is 2.50 bits per heavy atom. The molecule has 0 bridgehead atoms. The summed E-state index contributed by atoms with van der Waals surface area (Å²) in [6, 6.07) is 12.8. The topological polar surface area (TPSA) is 95.1 Å². The zero-order valence-electron chi connectivity index (χ0n) is 13.6. The van der Waals surface area contributed by atoms with Gasteiger partial charge in [0.2, 0.25) is 0 Å². The molecule has 0 N–H and O–H groups in total. The molecule has 0 aliphatic rings. The predicted octanol–water partition coefficient (Wildman–Crippen LogP) is 3.39. The number of benzene rings is 2. The number of hydrogen-bond acceptors (Lipinski definition) is 6. The highest BCUT2D eigenvalue weighted by Crippen LogP contribution is 2.25. The fourth-order valence-electron chi connectivity index (χ4n) is 2.37. The summed E-state index contributed by atoms with van der Waals surface area (Å²) in [4.78, 5) is 38.4. The Balaban J connectivity index is 0.00000243. The van der Waals surface area contributed by atoms with Gasteiger partial charge in [0.1, 0.15) is 5.03 Å². The van der Waals surface area contributed by atoms with Crippen LogP contribution in [-0.4, -0.2) is 26.0 Å². The molecule has 3 rings (SSSR count). The molecule has 1 heterocycles. The van der Waals surface area contributed by atoms with Crippen LogP contribution in [0.2, 0.25) is 0 Å². The SMILES string of the molecule is Br.Cn1c(=O)nc(SCC(=O)c2ccc([N+](=O)[O-])cc2)c2ccccc21. The summed E-state index contributed by atoms with van der Waals surface area (Å²) in [6.45, 7) is 0. The van der Waals surface area contributed by atoms with Gasteiger partial charge in [0.05, 0.1) is 16.2 Å². The monoisotopic (exact) mass is 435 g/mol. The lowest BCUT2D eigenvalue weighted by molar-refractivity contribution is -0.384. The molecule has 2 aromatic carbocycles. The predicted molar refractivity (Wildman–Crippen MR) is 105 cm³/mol. The number of Topliss-reactive ketones (excluding diaryl/α,β-unsaturated/α-hetero) is 1. The fraction of sp³-hybridized carbons (Fsp3) is 0.118. The number of non-ortho nitro benzene ring substituents is 1. The zero-order valence-corrected chi connectivity index (χ0v) is 16.1. The molecule has 9 heteroatoms. The van der Waals surface area contributed by atoms with E-state index in [1.807, 2.05) is 24.3 Å². The van der Waals surface area contributed by atoms with Crippen molar-refractivity contribution in [2.45, 2.75) is 5.03 Å². The zero-order chi connectivity index (χ0) is 18.0. The molecule has 0 amide bonds. The summed E-state index contributed by atoms with van der Waals surface area (Å²) in [7, 11) is 1.65. The Hall–Kier alpha value is -2.52. The van der Waals surface area contributed by atoms with Crippen LogP contribution in [0.1, 0.15) is 10.4 Å². The first-order chi connectivity index (χ1) is 12.0. The van der Waals surface area contributed by atoms with Gasteiger partial charge in [-0.3, -0.25) is 19.5 Å². The van der Waals surface area contributed by atoms with Crippen molar-refractivity contribution in [3.05, 3.63) is 74.7 Å². The fourth-order valence-corrected chi connectivity index (χ4v) is 3.27. The summed E-state index contributed by atoms with van der Waals surface area (Å²) in [6.07, 6.45) is 0. The van der Waals surface area contributed by atoms with Crippen LogP contribution in [0.3, 0.4) is 0 Å². The van der Waals surface area contributed by atoms with Crippen LogP contribution in [0, 0.1) is 10.1 Å². The molecule has 0 aliphatic carbocycles. The second kappa shape index (κ2) is 8.24. The Bertz CT molecular complexity index is 1030. The van der Waals surface area contributed by atoms with Crippen molar-refractivity contribution < 1.29 is 9.72 Å². The normalized spacial score (nSPS) is 10.3. The van der Waals surface area contributed by atoms with Gasteiger partial charge < -0.3 is 0 Å². The molecular formula is C17H14BrN3O4S. The van der Waals surface area contributed by atoms with Crippen LogP contribution in [0.5, 0.6) is 0 Å². The van der Waals surface area contributed by atoms with Gasteiger partial charge in [0, 0.05) is 30.1 Å². The van der Waals surface area contributed by atoms with Crippen molar-refractivity contribution in [3.8, 4) is 0 Å². The molecule has 0 aliphatic heterocycles. The first kappa shape index (κ1) is 19.8. The largest absolute Gasteiger partial charge is 0.348 e. The van der Waals surface area contributed by atoms with Crippen LogP contribution in [-0.2, 0) is 7.05 Å². The lowest BCUT2D eigenvalue weighted by Crippen LogP contribution is -2.21. The first-order valence-corrected chi connectivity index (χ1v) is 8.32. The summed E-state index contributed by atoms with van der Waals surface area (Å²) in [5.41, 5.74) is 0.673. The number of aryl methyl sites for hydroxylation is 1. The molecule has 26 heavy (non-hydrogen) atoms. The van der Waals surface area contributed by atoms with Gasteiger partial charge in [-0.05, 0) is 18.2 Å². The van der Waals surface area contributed by atoms with Crippen molar-refractivity contribution in [2.24, 2.45) is 7.05 Å². The Kier molecular flexibility index (Phi) is 6.27. The molecule has 0 fully saturated rings. The number of nitrogens with zero attached hydrogens (tertiary/aromatic N) is 3. The lowest BCUT2D eigenvalue weighted by atomic mass is 10.1. The molecule has 0 saturated heterocycles. The highest BCUT2D eigenvalue weighted by molar-refractivity contribution is 8.93. The first-order valence-electron chi connectivity index (χ1n) is 7.33. The second-order valence-electron chi connectivity index (χ2n) is 5.29. The number of halogens is 1. The van der Waals surface area contributed by atoms with E-state index < -0.39 is 4.92 Å². The summed E-state index contributed by atoms with van der Waals surface area (Å²) >= 11 is 1.18. The smallest absolute Gasteiger partial charge is 0.295 e. The molecular weight excluding hydrogens is 422 g/mol. The minimum atomic E-state index is -0.515. The van der Waals surface area contributed by atoms with Gasteiger partial charge in [-0.15, -0.1) is 17.0 Å². The van der Waals surface area contributed by atoms with E-state index in [0.717, 1.165) is 10.9 Å². The van der Waals surface area contributed by atoms with E-state index in [0.29, 0.717) is 10.6 Å². The molecule has 0 atom stereocenters. The van der Waals surface area contributed by atoms with Crippen LogP contribution < -0.4 is 5.69 Å². The molecule has 7 nitrogen and oxygen atoms in total. The Labute approximate surface area is 163 Å². The van der Waals surface area contributed by atoms with Gasteiger partial charge in [0.25, 0.3) is 5.69 Å². The second-order valence-corrected chi connectivity index (χ2v) is 6.26. The van der Waals surface area contributed by atoms with Crippen LogP contribution >= 0.6 is 28.7 Å². The van der Waals surface area contributed by atoms with Gasteiger partial charge in [-0.25, -0.2) is 4.79 Å². The molecule has 134 valence electrons. The standard InChI is InChI=1S/C17H13N3O4S.BrH/c1-19-14-5-3-2-4-13(14)16(18-17(19)22)25-10-15(21)11-6-8-12(9-7-11)20(23)24;/h2-9H,10H2,1H3;1H. The molecule has 0 radical (unpaired) electrons. The van der Waals surface area contributed by atoms with E-state index in [1.165, 1.54) is 40.6 Å². The van der Waals surface area contributed by atoms with Crippen molar-refractivity contribution >= 4 is 51.1 Å². The third-order valence-corrected chi connectivity index (χ3v) is 4.71. The maximum Gasteiger partial charge on any atom is 0.348 e. The van der Waals surface area contributed by atoms with Gasteiger partial charge in [-0.2, -0.15) is 4.98 Å². The van der Waals surface area contributed by atoms with E-state index >= 15 is 0 Å². The quantitative estimate of drug-likeness (QED) is 0.200. The number of aromatic nitrogens is 2. The number of rotatable bonds is 5. The average molecular weight is 436 g/mol. The van der Waals surface area contributed by atoms with Gasteiger partial charge in [0.15, 0.2) is 5.78 Å². The number of nitro groups is 1. The summed E-state index contributed by atoms with van der Waals surface area (Å²) in [5, 5.41) is 11.9. The number of carbonyl (C=O) groups excluding carboxylic acids is 1. The average Bonchev–Trinajstić information content (AvgIpc) is 2.63. The number of thioether (sulfide) groups is 1. The minimum Gasteiger partial charge on any atom is -0.295 e. The van der Waals surface area contributed by atoms with Crippen molar-refractivity contribution in [2.75, 3.05) is 5.75 Å². The lowest BCUT2D eigenvalue weighted by Gasteiger charge is -2.08. The molecule has 3 aromatic rings. The van der Waals surface area contributed by atoms with E-state index in [9.17, 15) is 19.7 Å². The van der Waals surface area contributed by atoms with Crippen molar-refractivity contribution in [3.63, 3.8) is 0 Å². The Morgan fingerprint density at radius 1 is 1.19 bits per heavy atom. The summed E-state index contributed by atoms with van der Waals surface area (Å²) in [5.74, 6) is -0.103. The van der Waals surface area contributed by atoms with E-state index in [1.54, 1.807) is 7.05 Å². The number of ketones is 1. The van der Waals surface area contributed by atoms with Gasteiger partial charge in [-0.1, -0.05) is 30.0 Å². The molecule has 0 spiro atoms. The molecule has 1 aromatic heterocycles. The van der Waals surface area contributed by atoms with Gasteiger partial charge >= 0.3 is 5.69 Å². The van der Waals surface area contributed by atoms with Crippen molar-refractivity contribution in [1.29, 1.82) is 0 Å². The maximum atomic E-state index is 12.3. The van der Waals surface area contributed by atoms with Crippen LogP contribution in [0.25, 0.3) is 10.9 Å². The number of para-hydroxylation sites is 1. The van der Waals surface area contributed by atoms with E-state index in [2.05, 4.69) is 4.98 Å². The van der Waals surface area contributed by atoms with E-state index in [-0.39, 0.29) is 39.9 Å². The molecule has 0 saturated carbocycles. The third kappa shape index (κ3) is 4.00. The van der Waals surface area contributed by atoms with Crippen molar-refractivity contribution in [1.82, 2.24) is 9.55 Å². The summed E-state index contributed by atoms with van der Waals surface area (Å²) < 4.78 is 1.46. The third-order valence-electron chi connectivity index (χ3n) is 3.72. The number of hydrogen-bond donors (Lipinski definition) is 0. The van der Waals surface area contributed by atoms with E-state index in [4.69, 9.17) is 0 Å². The van der Waals surface area contributed by atoms with Crippen LogP contribution in [0.4, 0.5) is 5.69 Å². The number of fused-ring (bicyclic) bond motifs is 1. The minimum absolute atomic E-state index is 0. The Morgan fingerprint density at radius 2 is 1.85 bits per heavy atom. The highest BCUT2D eigenvalue weighted by Gasteiger charge is 2.13. The molecule has 0 unspecified atom stereocenters.